The quantitative estimate of drug-likeness (QED) is 0.688. The Labute approximate surface area is 112 Å². The predicted octanol–water partition coefficient (Wildman–Crippen LogP) is 5.14. The second-order valence-electron chi connectivity index (χ2n) is 3.88. The molecule has 2 aromatic rings. The van der Waals surface area contributed by atoms with Gasteiger partial charge in [-0.1, -0.05) is 43.0 Å². The summed E-state index contributed by atoms with van der Waals surface area (Å²) in [5, 5.41) is 0. The zero-order valence-electron chi connectivity index (χ0n) is 9.82. The standard InChI is InChI=1S/C15H15ClS/c1-2-12-3-7-14(8-4-12)17-15-9-5-13(11-16)6-10-15/h3-10H,2,11H2,1H3. The van der Waals surface area contributed by atoms with E-state index in [-0.39, 0.29) is 0 Å². The van der Waals surface area contributed by atoms with Crippen LogP contribution in [-0.4, -0.2) is 0 Å². The molecule has 0 N–H and O–H groups in total. The summed E-state index contributed by atoms with van der Waals surface area (Å²) in [4.78, 5) is 2.53. The number of benzene rings is 2. The monoisotopic (exact) mass is 262 g/mol. The smallest absolute Gasteiger partial charge is 0.0474 e. The fourth-order valence-corrected chi connectivity index (χ4v) is 2.57. The molecule has 2 heteroatoms. The minimum absolute atomic E-state index is 0.580. The van der Waals surface area contributed by atoms with Gasteiger partial charge in [-0.2, -0.15) is 0 Å². The first kappa shape index (κ1) is 12.5. The molecule has 17 heavy (non-hydrogen) atoms. The molecule has 0 nitrogen and oxygen atoms in total. The van der Waals surface area contributed by atoms with Crippen LogP contribution in [0.4, 0.5) is 0 Å². The first-order valence-corrected chi connectivity index (χ1v) is 7.08. The minimum Gasteiger partial charge on any atom is -0.122 e. The number of alkyl halides is 1. The summed E-state index contributed by atoms with van der Waals surface area (Å²) >= 11 is 7.55. The summed E-state index contributed by atoms with van der Waals surface area (Å²) in [6.07, 6.45) is 1.09. The number of rotatable bonds is 4. The van der Waals surface area contributed by atoms with Crippen LogP contribution in [0, 0.1) is 0 Å². The first-order valence-electron chi connectivity index (χ1n) is 5.73. The van der Waals surface area contributed by atoms with Gasteiger partial charge in [0.2, 0.25) is 0 Å². The van der Waals surface area contributed by atoms with Gasteiger partial charge < -0.3 is 0 Å². The zero-order valence-corrected chi connectivity index (χ0v) is 11.4. The molecule has 2 rings (SSSR count). The van der Waals surface area contributed by atoms with E-state index in [4.69, 9.17) is 11.6 Å². The predicted molar refractivity (Wildman–Crippen MR) is 75.9 cm³/mol. The Kier molecular flexibility index (Phi) is 4.52. The lowest BCUT2D eigenvalue weighted by Crippen LogP contribution is -1.80. The summed E-state index contributed by atoms with van der Waals surface area (Å²) in [6.45, 7) is 2.17. The van der Waals surface area contributed by atoms with Crippen molar-refractivity contribution in [3.8, 4) is 0 Å². The van der Waals surface area contributed by atoms with Gasteiger partial charge in [-0.3, -0.25) is 0 Å². The van der Waals surface area contributed by atoms with Crippen LogP contribution >= 0.6 is 23.4 Å². The van der Waals surface area contributed by atoms with Crippen LogP contribution in [0.5, 0.6) is 0 Å². The summed E-state index contributed by atoms with van der Waals surface area (Å²) in [7, 11) is 0. The zero-order chi connectivity index (χ0) is 12.1. The maximum atomic E-state index is 5.77. The highest BCUT2D eigenvalue weighted by molar-refractivity contribution is 7.99. The molecule has 88 valence electrons. The molecule has 0 amide bonds. The summed E-state index contributed by atoms with van der Waals surface area (Å²) < 4.78 is 0. The average molecular weight is 263 g/mol. The van der Waals surface area contributed by atoms with Crippen LogP contribution in [0.2, 0.25) is 0 Å². The second kappa shape index (κ2) is 6.13. The number of hydrogen-bond acceptors (Lipinski definition) is 1. The minimum atomic E-state index is 0.580. The maximum absolute atomic E-state index is 5.77. The Morgan fingerprint density at radius 2 is 1.29 bits per heavy atom. The summed E-state index contributed by atoms with van der Waals surface area (Å²) in [6, 6.07) is 17.1. The molecular formula is C15H15ClS. The van der Waals surface area contributed by atoms with E-state index in [1.165, 1.54) is 15.4 Å². The highest BCUT2D eigenvalue weighted by Gasteiger charge is 1.98. The Morgan fingerprint density at radius 1 is 0.824 bits per heavy atom. The SMILES string of the molecule is CCc1ccc(Sc2ccc(CCl)cc2)cc1. The molecule has 0 spiro atoms. The number of hydrogen-bond donors (Lipinski definition) is 0. The lowest BCUT2D eigenvalue weighted by atomic mass is 10.2. The molecule has 0 saturated heterocycles. The molecule has 0 saturated carbocycles. The van der Waals surface area contributed by atoms with Gasteiger partial charge in [0.15, 0.2) is 0 Å². The molecule has 0 atom stereocenters. The largest absolute Gasteiger partial charge is 0.122 e. The molecule has 0 bridgehead atoms. The van der Waals surface area contributed by atoms with Crippen molar-refractivity contribution in [1.82, 2.24) is 0 Å². The second-order valence-corrected chi connectivity index (χ2v) is 5.29. The van der Waals surface area contributed by atoms with E-state index in [1.54, 1.807) is 11.8 Å². The third-order valence-electron chi connectivity index (χ3n) is 2.64. The van der Waals surface area contributed by atoms with Gasteiger partial charge in [0.25, 0.3) is 0 Å². The fourth-order valence-electron chi connectivity index (χ4n) is 1.58. The molecule has 0 aromatic heterocycles. The topological polar surface area (TPSA) is 0 Å². The van der Waals surface area contributed by atoms with E-state index < -0.39 is 0 Å². The van der Waals surface area contributed by atoms with E-state index in [0.717, 1.165) is 12.0 Å². The normalized spacial score (nSPS) is 10.5. The molecule has 0 aliphatic carbocycles. The molecule has 0 fully saturated rings. The van der Waals surface area contributed by atoms with E-state index in [2.05, 4.69) is 55.5 Å². The molecule has 2 aromatic carbocycles. The van der Waals surface area contributed by atoms with Gasteiger partial charge in [0, 0.05) is 15.7 Å². The first-order chi connectivity index (χ1) is 8.31. The van der Waals surface area contributed by atoms with Crippen LogP contribution < -0.4 is 0 Å². The average Bonchev–Trinajstić information content (AvgIpc) is 2.40. The maximum Gasteiger partial charge on any atom is 0.0474 e. The van der Waals surface area contributed by atoms with Gasteiger partial charge in [-0.05, 0) is 41.8 Å². The molecule has 0 radical (unpaired) electrons. The van der Waals surface area contributed by atoms with Gasteiger partial charge in [-0.15, -0.1) is 11.6 Å². The van der Waals surface area contributed by atoms with Gasteiger partial charge in [-0.25, -0.2) is 0 Å². The summed E-state index contributed by atoms with van der Waals surface area (Å²) in [5.74, 6) is 0.580. The Balaban J connectivity index is 2.08. The third-order valence-corrected chi connectivity index (χ3v) is 3.97. The third kappa shape index (κ3) is 3.52. The van der Waals surface area contributed by atoms with Crippen LogP contribution in [0.1, 0.15) is 18.1 Å². The van der Waals surface area contributed by atoms with Crippen molar-refractivity contribution in [2.24, 2.45) is 0 Å². The van der Waals surface area contributed by atoms with E-state index in [1.807, 2.05) is 0 Å². The molecule has 0 heterocycles. The van der Waals surface area contributed by atoms with E-state index in [0.29, 0.717) is 5.88 Å². The van der Waals surface area contributed by atoms with Crippen molar-refractivity contribution < 1.29 is 0 Å². The van der Waals surface area contributed by atoms with Gasteiger partial charge >= 0.3 is 0 Å². The highest BCUT2D eigenvalue weighted by Crippen LogP contribution is 2.28. The molecular weight excluding hydrogens is 248 g/mol. The van der Waals surface area contributed by atoms with Crippen molar-refractivity contribution >= 4 is 23.4 Å². The van der Waals surface area contributed by atoms with E-state index >= 15 is 0 Å². The molecule has 0 unspecified atom stereocenters. The molecule has 0 aliphatic rings. The summed E-state index contributed by atoms with van der Waals surface area (Å²) in [5.41, 5.74) is 2.55. The van der Waals surface area contributed by atoms with Crippen molar-refractivity contribution in [2.45, 2.75) is 29.0 Å². The fraction of sp³-hybridized carbons (Fsp3) is 0.200. The van der Waals surface area contributed by atoms with Crippen LogP contribution in [0.15, 0.2) is 58.3 Å². The van der Waals surface area contributed by atoms with Crippen molar-refractivity contribution in [3.05, 3.63) is 59.7 Å². The van der Waals surface area contributed by atoms with Crippen molar-refractivity contribution in [1.29, 1.82) is 0 Å². The Bertz CT molecular complexity index is 414. The van der Waals surface area contributed by atoms with Crippen LogP contribution in [-0.2, 0) is 12.3 Å². The van der Waals surface area contributed by atoms with Crippen LogP contribution in [0.25, 0.3) is 0 Å². The Morgan fingerprint density at radius 3 is 1.71 bits per heavy atom. The number of aryl methyl sites for hydroxylation is 1. The molecule has 0 aliphatic heterocycles. The number of halogens is 1. The van der Waals surface area contributed by atoms with Gasteiger partial charge in [0.05, 0.1) is 0 Å². The van der Waals surface area contributed by atoms with Gasteiger partial charge in [0.1, 0.15) is 0 Å². The van der Waals surface area contributed by atoms with E-state index in [9.17, 15) is 0 Å². The lowest BCUT2D eigenvalue weighted by molar-refractivity contribution is 1.13. The van der Waals surface area contributed by atoms with Crippen molar-refractivity contribution in [2.75, 3.05) is 0 Å². The Hall–Kier alpha value is -0.920. The lowest BCUT2D eigenvalue weighted by Gasteiger charge is -2.03. The van der Waals surface area contributed by atoms with Crippen LogP contribution in [0.3, 0.4) is 0 Å². The van der Waals surface area contributed by atoms with Crippen molar-refractivity contribution in [3.63, 3.8) is 0 Å². The highest BCUT2D eigenvalue weighted by atomic mass is 35.5.